The summed E-state index contributed by atoms with van der Waals surface area (Å²) in [6.45, 7) is 12.9. The van der Waals surface area contributed by atoms with Crippen LogP contribution in [0.3, 0.4) is 0 Å². The molecule has 4 rings (SSSR count). The molecule has 2 aliphatic rings. The molecule has 0 amide bonds. The third-order valence-corrected chi connectivity index (χ3v) is 11.5. The lowest BCUT2D eigenvalue weighted by atomic mass is 9.61. The minimum atomic E-state index is -1.64. The third-order valence-electron chi connectivity index (χ3n) is 9.37. The number of rotatable bonds is 10. The van der Waals surface area contributed by atoms with Gasteiger partial charge in [0.15, 0.2) is 11.5 Å². The van der Waals surface area contributed by atoms with Crippen molar-refractivity contribution in [3.05, 3.63) is 53.4 Å². The number of benzene rings is 2. The van der Waals surface area contributed by atoms with E-state index in [1.165, 1.54) is 0 Å². The van der Waals surface area contributed by atoms with Gasteiger partial charge >= 0.3 is 23.9 Å². The fourth-order valence-corrected chi connectivity index (χ4v) is 8.82. The first-order valence-electron chi connectivity index (χ1n) is 15.6. The van der Waals surface area contributed by atoms with Gasteiger partial charge in [0.1, 0.15) is 11.1 Å². The Labute approximate surface area is 309 Å². The molecule has 2 saturated carbocycles. The van der Waals surface area contributed by atoms with E-state index in [2.05, 4.69) is 41.5 Å². The van der Waals surface area contributed by atoms with E-state index in [1.54, 1.807) is 0 Å². The van der Waals surface area contributed by atoms with Gasteiger partial charge in [-0.15, -0.1) is 0 Å². The van der Waals surface area contributed by atoms with Gasteiger partial charge in [0.05, 0.1) is 43.3 Å². The van der Waals surface area contributed by atoms with Crippen LogP contribution in [-0.2, 0) is 19.1 Å². The van der Waals surface area contributed by atoms with E-state index in [-0.39, 0.29) is 55.2 Å². The van der Waals surface area contributed by atoms with Crippen LogP contribution in [0.1, 0.15) is 75.1 Å². The zero-order chi connectivity index (χ0) is 35.8. The van der Waals surface area contributed by atoms with Gasteiger partial charge in [-0.05, 0) is 72.3 Å². The van der Waals surface area contributed by atoms with E-state index < -0.39 is 46.5 Å². The van der Waals surface area contributed by atoms with Crippen molar-refractivity contribution in [2.24, 2.45) is 47.3 Å². The summed E-state index contributed by atoms with van der Waals surface area (Å²) in [7, 11) is 0. The molecule has 8 nitrogen and oxygen atoms in total. The highest BCUT2D eigenvalue weighted by molar-refractivity contribution is 6.47. The predicted molar refractivity (Wildman–Crippen MR) is 186 cm³/mol. The summed E-state index contributed by atoms with van der Waals surface area (Å²) in [5, 5.41) is -1.45. The quantitative estimate of drug-likeness (QED) is 0.101. The molecule has 0 bridgehead atoms. The average Bonchev–Trinajstić information content (AvgIpc) is 2.97. The van der Waals surface area contributed by atoms with Crippen LogP contribution in [0, 0.1) is 47.3 Å². The monoisotopic (exact) mass is 782 g/mol. The smallest absolute Gasteiger partial charge is 0.423 e. The van der Waals surface area contributed by atoms with Crippen LogP contribution in [-0.4, -0.2) is 37.1 Å². The Morgan fingerprint density at radius 1 is 0.625 bits per heavy atom. The Kier molecular flexibility index (Phi) is 12.9. The first-order valence-corrected chi connectivity index (χ1v) is 17.8. The molecule has 0 radical (unpaired) electrons. The molecule has 48 heavy (non-hydrogen) atoms. The van der Waals surface area contributed by atoms with Gasteiger partial charge in [-0.3, -0.25) is 0 Å². The fraction of sp³-hybridized carbons (Fsp3) is 0.529. The molecule has 6 unspecified atom stereocenters. The van der Waals surface area contributed by atoms with Crippen LogP contribution in [0.15, 0.2) is 12.1 Å². The normalized spacial score (nSPS) is 23.3. The van der Waals surface area contributed by atoms with Crippen molar-refractivity contribution >= 4 is 93.5 Å². The summed E-state index contributed by atoms with van der Waals surface area (Å²) in [5.74, 6) is -3.62. The SMILES string of the molecule is CC(C)C1C(C)CC1COC(=O)c1c(Cl)c(Cl)cc(Cl)c1OC(=O)C(=O)Oc1c(Cl)cc(Cl)c(Cl)c1C(=O)OCC1CC(C)C1C(C)C. The first kappa shape index (κ1) is 38.9. The second-order valence-electron chi connectivity index (χ2n) is 13.3. The lowest BCUT2D eigenvalue weighted by Gasteiger charge is -2.45. The van der Waals surface area contributed by atoms with Gasteiger partial charge in [0.2, 0.25) is 0 Å². The van der Waals surface area contributed by atoms with Gasteiger partial charge in [-0.25, -0.2) is 19.2 Å². The Hall–Kier alpha value is -1.94. The van der Waals surface area contributed by atoms with Crippen molar-refractivity contribution in [2.45, 2.75) is 54.4 Å². The van der Waals surface area contributed by atoms with Gasteiger partial charge < -0.3 is 18.9 Å². The predicted octanol–water partition coefficient (Wildman–Crippen LogP) is 10.3. The molecule has 6 atom stereocenters. The maximum atomic E-state index is 13.3. The van der Waals surface area contributed by atoms with Gasteiger partial charge in [0.25, 0.3) is 0 Å². The van der Waals surface area contributed by atoms with E-state index >= 15 is 0 Å². The van der Waals surface area contributed by atoms with Crippen molar-refractivity contribution in [1.29, 1.82) is 0 Å². The fourth-order valence-electron chi connectivity index (χ4n) is 7.38. The number of hydrogen-bond donors (Lipinski definition) is 0. The second kappa shape index (κ2) is 15.9. The molecule has 0 heterocycles. The summed E-state index contributed by atoms with van der Waals surface area (Å²) in [6, 6.07) is 2.27. The number of halogens is 6. The lowest BCUT2D eigenvalue weighted by Crippen LogP contribution is -2.41. The first-order chi connectivity index (χ1) is 22.4. The standard InChI is InChI=1S/C34H36Cl6O8/c1-13(2)23-15(5)7-17(23)11-45-31(41)25-27(39)19(35)9-21(37)29(25)47-33(43)34(44)48-30-22(38)10-20(36)28(40)26(30)32(42)46-12-18-8-16(6)24(18)14(3)4/h9-10,13-18,23-24H,7-8,11-12H2,1-6H3. The van der Waals surface area contributed by atoms with E-state index in [0.717, 1.165) is 25.0 Å². The molecule has 2 aromatic rings. The highest BCUT2D eigenvalue weighted by Crippen LogP contribution is 2.47. The topological polar surface area (TPSA) is 105 Å². The second-order valence-corrected chi connectivity index (χ2v) is 15.7. The number of hydrogen-bond acceptors (Lipinski definition) is 8. The van der Waals surface area contributed by atoms with Crippen LogP contribution in [0.4, 0.5) is 0 Å². The summed E-state index contributed by atoms with van der Waals surface area (Å²) in [5.41, 5.74) is -0.906. The Morgan fingerprint density at radius 2 is 0.958 bits per heavy atom. The van der Waals surface area contributed by atoms with E-state index in [0.29, 0.717) is 35.5 Å². The average molecular weight is 785 g/mol. The van der Waals surface area contributed by atoms with E-state index in [4.69, 9.17) is 88.6 Å². The highest BCUT2D eigenvalue weighted by Gasteiger charge is 2.42. The summed E-state index contributed by atoms with van der Waals surface area (Å²) >= 11 is 37.6. The Balaban J connectivity index is 1.52. The van der Waals surface area contributed by atoms with Crippen molar-refractivity contribution in [3.8, 4) is 11.5 Å². The molecule has 0 spiro atoms. The molecule has 0 aromatic heterocycles. The van der Waals surface area contributed by atoms with Crippen LogP contribution >= 0.6 is 69.6 Å². The van der Waals surface area contributed by atoms with Gasteiger partial charge in [-0.1, -0.05) is 111 Å². The molecule has 2 aromatic carbocycles. The molecule has 0 aliphatic heterocycles. The number of esters is 4. The van der Waals surface area contributed by atoms with Crippen molar-refractivity contribution < 1.29 is 38.1 Å². The van der Waals surface area contributed by atoms with Crippen LogP contribution in [0.2, 0.25) is 30.1 Å². The summed E-state index contributed by atoms with van der Waals surface area (Å²) in [6.07, 6.45) is 1.75. The minimum Gasteiger partial charge on any atom is -0.462 e. The Morgan fingerprint density at radius 3 is 1.25 bits per heavy atom. The zero-order valence-corrected chi connectivity index (χ0v) is 31.7. The van der Waals surface area contributed by atoms with Crippen molar-refractivity contribution in [2.75, 3.05) is 13.2 Å². The number of carbonyl (C=O) groups excluding carboxylic acids is 4. The number of ether oxygens (including phenoxy) is 4. The molecular formula is C34H36Cl6O8. The van der Waals surface area contributed by atoms with Gasteiger partial charge in [-0.2, -0.15) is 0 Å². The highest BCUT2D eigenvalue weighted by atomic mass is 35.5. The molecule has 2 aliphatic carbocycles. The van der Waals surface area contributed by atoms with E-state index in [1.807, 2.05) is 0 Å². The largest absolute Gasteiger partial charge is 0.462 e. The van der Waals surface area contributed by atoms with Crippen LogP contribution in [0.25, 0.3) is 0 Å². The third kappa shape index (κ3) is 8.16. The molecule has 0 saturated heterocycles. The van der Waals surface area contributed by atoms with Gasteiger partial charge in [0, 0.05) is 0 Å². The minimum absolute atomic E-state index is 0.0918. The molecular weight excluding hydrogens is 749 g/mol. The molecule has 262 valence electrons. The maximum Gasteiger partial charge on any atom is 0.423 e. The van der Waals surface area contributed by atoms with Crippen LogP contribution < -0.4 is 9.47 Å². The number of carbonyl (C=O) groups is 4. The zero-order valence-electron chi connectivity index (χ0n) is 27.1. The molecule has 14 heteroatoms. The van der Waals surface area contributed by atoms with E-state index in [9.17, 15) is 19.2 Å². The van der Waals surface area contributed by atoms with Crippen LogP contribution in [0.5, 0.6) is 11.5 Å². The maximum absolute atomic E-state index is 13.3. The molecule has 0 N–H and O–H groups in total. The summed E-state index contributed by atoms with van der Waals surface area (Å²) in [4.78, 5) is 52.6. The Bertz CT molecular complexity index is 1480. The van der Waals surface area contributed by atoms with Crippen molar-refractivity contribution in [3.63, 3.8) is 0 Å². The summed E-state index contributed by atoms with van der Waals surface area (Å²) < 4.78 is 21.5. The lowest BCUT2D eigenvalue weighted by molar-refractivity contribution is -0.156. The van der Waals surface area contributed by atoms with Crippen molar-refractivity contribution in [1.82, 2.24) is 0 Å². The molecule has 2 fully saturated rings.